The summed E-state index contributed by atoms with van der Waals surface area (Å²) in [6, 6.07) is 0.192. The first-order valence-electron chi connectivity index (χ1n) is 7.79. The molecular weight excluding hydrogens is 256 g/mol. The Morgan fingerprint density at radius 1 is 1.15 bits per heavy atom. The normalized spacial score (nSPS) is 22.4. The van der Waals surface area contributed by atoms with Crippen LogP contribution < -0.4 is 5.32 Å². The second-order valence-corrected chi connectivity index (χ2v) is 6.35. The minimum atomic E-state index is -0.768. The minimum absolute atomic E-state index is 0.121. The Labute approximate surface area is 120 Å². The molecule has 2 aliphatic rings. The van der Waals surface area contributed by atoms with Gasteiger partial charge in [0.05, 0.1) is 5.41 Å². The quantitative estimate of drug-likeness (QED) is 0.832. The van der Waals surface area contributed by atoms with Crippen LogP contribution in [0.3, 0.4) is 0 Å². The fraction of sp³-hybridized carbons (Fsp3) is 0.867. The van der Waals surface area contributed by atoms with E-state index in [0.717, 1.165) is 25.7 Å². The number of amides is 2. The van der Waals surface area contributed by atoms with Gasteiger partial charge in [-0.15, -0.1) is 0 Å². The molecule has 5 nitrogen and oxygen atoms in total. The molecule has 2 N–H and O–H groups in total. The van der Waals surface area contributed by atoms with Gasteiger partial charge in [-0.05, 0) is 25.7 Å². The molecule has 0 aliphatic heterocycles. The van der Waals surface area contributed by atoms with Gasteiger partial charge in [0.25, 0.3) is 0 Å². The van der Waals surface area contributed by atoms with E-state index in [1.807, 2.05) is 7.05 Å². The van der Waals surface area contributed by atoms with Crippen molar-refractivity contribution in [1.82, 2.24) is 10.2 Å². The van der Waals surface area contributed by atoms with E-state index in [2.05, 4.69) is 5.32 Å². The van der Waals surface area contributed by atoms with Crippen molar-refractivity contribution in [3.63, 3.8) is 0 Å². The van der Waals surface area contributed by atoms with E-state index in [9.17, 15) is 14.7 Å². The average molecular weight is 282 g/mol. The highest BCUT2D eigenvalue weighted by molar-refractivity contribution is 5.78. The standard InChI is InChI=1S/C15H26N2O3/c1-17(12-7-3-2-4-8-12)14(20)16-11-15(13(18)19)9-5-6-10-15/h12H,2-11H2,1H3,(H,16,20)(H,18,19). The molecule has 0 aromatic heterocycles. The number of hydrogen-bond acceptors (Lipinski definition) is 2. The number of nitrogens with zero attached hydrogens (tertiary/aromatic N) is 1. The van der Waals surface area contributed by atoms with Crippen LogP contribution in [0.15, 0.2) is 0 Å². The Balaban J connectivity index is 1.85. The highest BCUT2D eigenvalue weighted by atomic mass is 16.4. The van der Waals surface area contributed by atoms with Crippen molar-refractivity contribution in [3.8, 4) is 0 Å². The number of carbonyl (C=O) groups excluding carboxylic acids is 1. The van der Waals surface area contributed by atoms with Crippen LogP contribution >= 0.6 is 0 Å². The molecule has 0 bridgehead atoms. The summed E-state index contributed by atoms with van der Waals surface area (Å²) in [4.78, 5) is 25.4. The van der Waals surface area contributed by atoms with Crippen LogP contribution in [-0.4, -0.2) is 41.6 Å². The lowest BCUT2D eigenvalue weighted by Crippen LogP contribution is -2.48. The number of nitrogens with one attached hydrogen (secondary N) is 1. The van der Waals surface area contributed by atoms with Gasteiger partial charge in [0.1, 0.15) is 0 Å². The first-order valence-corrected chi connectivity index (χ1v) is 7.79. The lowest BCUT2D eigenvalue weighted by Gasteiger charge is -2.32. The molecule has 5 heteroatoms. The van der Waals surface area contributed by atoms with Crippen LogP contribution in [0.5, 0.6) is 0 Å². The second kappa shape index (κ2) is 6.46. The van der Waals surface area contributed by atoms with E-state index < -0.39 is 11.4 Å². The molecule has 0 atom stereocenters. The summed E-state index contributed by atoms with van der Waals surface area (Å²) in [5.74, 6) is -0.768. The summed E-state index contributed by atoms with van der Waals surface area (Å²) in [7, 11) is 1.83. The van der Waals surface area contributed by atoms with Crippen molar-refractivity contribution in [2.75, 3.05) is 13.6 Å². The Hall–Kier alpha value is -1.26. The van der Waals surface area contributed by atoms with Crippen LogP contribution in [0, 0.1) is 5.41 Å². The van der Waals surface area contributed by atoms with Gasteiger partial charge in [0.2, 0.25) is 0 Å². The molecule has 2 rings (SSSR count). The average Bonchev–Trinajstić information content (AvgIpc) is 2.95. The predicted octanol–water partition coefficient (Wildman–Crippen LogP) is 2.61. The first kappa shape index (κ1) is 15.1. The van der Waals surface area contributed by atoms with Crippen LogP contribution in [0.4, 0.5) is 4.79 Å². The number of carboxylic acid groups (broad SMARTS) is 1. The molecule has 2 saturated carbocycles. The van der Waals surface area contributed by atoms with Crippen molar-refractivity contribution in [3.05, 3.63) is 0 Å². The van der Waals surface area contributed by atoms with Gasteiger partial charge in [-0.25, -0.2) is 4.79 Å². The van der Waals surface area contributed by atoms with Crippen molar-refractivity contribution in [2.24, 2.45) is 5.41 Å². The largest absolute Gasteiger partial charge is 0.481 e. The first-order chi connectivity index (χ1) is 9.55. The maximum atomic E-state index is 12.2. The molecule has 20 heavy (non-hydrogen) atoms. The SMILES string of the molecule is CN(C(=O)NCC1(C(=O)O)CCCC1)C1CCCCC1. The number of aliphatic carboxylic acids is 1. The summed E-state index contributed by atoms with van der Waals surface area (Å²) < 4.78 is 0. The highest BCUT2D eigenvalue weighted by Crippen LogP contribution is 2.37. The monoisotopic (exact) mass is 282 g/mol. The topological polar surface area (TPSA) is 69.6 Å². The zero-order chi connectivity index (χ0) is 14.6. The van der Waals surface area contributed by atoms with Gasteiger partial charge in [0.15, 0.2) is 0 Å². The molecule has 2 fully saturated rings. The van der Waals surface area contributed by atoms with E-state index in [1.165, 1.54) is 19.3 Å². The van der Waals surface area contributed by atoms with E-state index in [1.54, 1.807) is 4.90 Å². The van der Waals surface area contributed by atoms with Crippen LogP contribution in [-0.2, 0) is 4.79 Å². The molecule has 0 unspecified atom stereocenters. The highest BCUT2D eigenvalue weighted by Gasteiger charge is 2.41. The molecule has 0 aromatic carbocycles. The lowest BCUT2D eigenvalue weighted by atomic mass is 9.86. The van der Waals surface area contributed by atoms with Gasteiger partial charge >= 0.3 is 12.0 Å². The Bertz CT molecular complexity index is 358. The Kier molecular flexibility index (Phi) is 4.89. The maximum Gasteiger partial charge on any atom is 0.317 e. The zero-order valence-electron chi connectivity index (χ0n) is 12.4. The van der Waals surface area contributed by atoms with Crippen LogP contribution in [0.1, 0.15) is 57.8 Å². The second-order valence-electron chi connectivity index (χ2n) is 6.35. The molecule has 0 spiro atoms. The number of rotatable bonds is 4. The Morgan fingerprint density at radius 2 is 1.75 bits per heavy atom. The molecular formula is C15H26N2O3. The zero-order valence-corrected chi connectivity index (χ0v) is 12.4. The molecule has 0 aromatic rings. The third-order valence-electron chi connectivity index (χ3n) is 5.04. The number of urea groups is 1. The summed E-state index contributed by atoms with van der Waals surface area (Å²) in [6.07, 6.45) is 8.99. The number of hydrogen-bond donors (Lipinski definition) is 2. The molecule has 0 heterocycles. The molecule has 0 radical (unpaired) electrons. The fourth-order valence-corrected chi connectivity index (χ4v) is 3.52. The van der Waals surface area contributed by atoms with Gasteiger partial charge in [-0.2, -0.15) is 0 Å². The van der Waals surface area contributed by atoms with Gasteiger partial charge in [-0.1, -0.05) is 32.1 Å². The molecule has 0 saturated heterocycles. The van der Waals surface area contributed by atoms with Crippen molar-refractivity contribution < 1.29 is 14.7 Å². The van der Waals surface area contributed by atoms with Crippen LogP contribution in [0.25, 0.3) is 0 Å². The molecule has 2 aliphatic carbocycles. The van der Waals surface area contributed by atoms with Gasteiger partial charge < -0.3 is 15.3 Å². The van der Waals surface area contributed by atoms with Crippen LogP contribution in [0.2, 0.25) is 0 Å². The van der Waals surface area contributed by atoms with E-state index in [0.29, 0.717) is 18.9 Å². The van der Waals surface area contributed by atoms with Crippen molar-refractivity contribution in [2.45, 2.75) is 63.8 Å². The molecule has 114 valence electrons. The summed E-state index contributed by atoms with van der Waals surface area (Å²) in [6.45, 7) is 0.262. The van der Waals surface area contributed by atoms with Crippen molar-refractivity contribution >= 4 is 12.0 Å². The summed E-state index contributed by atoms with van der Waals surface area (Å²) in [5, 5.41) is 12.2. The Morgan fingerprint density at radius 3 is 2.30 bits per heavy atom. The number of carbonyl (C=O) groups is 2. The van der Waals surface area contributed by atoms with E-state index in [-0.39, 0.29) is 12.6 Å². The van der Waals surface area contributed by atoms with E-state index in [4.69, 9.17) is 0 Å². The van der Waals surface area contributed by atoms with Crippen molar-refractivity contribution in [1.29, 1.82) is 0 Å². The smallest absolute Gasteiger partial charge is 0.317 e. The lowest BCUT2D eigenvalue weighted by molar-refractivity contribution is -0.148. The number of carboxylic acids is 1. The summed E-state index contributed by atoms with van der Waals surface area (Å²) in [5.41, 5.74) is -0.733. The maximum absolute atomic E-state index is 12.2. The third-order valence-corrected chi connectivity index (χ3v) is 5.04. The minimum Gasteiger partial charge on any atom is -0.481 e. The fourth-order valence-electron chi connectivity index (χ4n) is 3.52. The van der Waals surface area contributed by atoms with E-state index >= 15 is 0 Å². The summed E-state index contributed by atoms with van der Waals surface area (Å²) >= 11 is 0. The predicted molar refractivity (Wildman–Crippen MR) is 76.6 cm³/mol. The van der Waals surface area contributed by atoms with Gasteiger partial charge in [0, 0.05) is 19.6 Å². The molecule has 2 amide bonds. The third kappa shape index (κ3) is 3.25. The van der Waals surface area contributed by atoms with Gasteiger partial charge in [-0.3, -0.25) is 4.79 Å².